The van der Waals surface area contributed by atoms with Gasteiger partial charge in [0.05, 0.1) is 38.7 Å². The van der Waals surface area contributed by atoms with E-state index >= 15 is 0 Å². The molecule has 2 N–H and O–H groups in total. The normalized spacial score (nSPS) is 11.8. The number of benzene rings is 2. The summed E-state index contributed by atoms with van der Waals surface area (Å²) in [7, 11) is 3.04. The lowest BCUT2D eigenvalue weighted by Crippen LogP contribution is -2.07. The van der Waals surface area contributed by atoms with Crippen molar-refractivity contribution < 1.29 is 34.0 Å². The highest BCUT2D eigenvalue weighted by Crippen LogP contribution is 2.28. The number of nitrogens with zero attached hydrogens (tertiary/aromatic N) is 1. The summed E-state index contributed by atoms with van der Waals surface area (Å²) < 4.78 is 15.9. The molecular formula is C35H43NO7S. The Morgan fingerprint density at radius 3 is 2.20 bits per heavy atom. The van der Waals surface area contributed by atoms with Gasteiger partial charge in [0.25, 0.3) is 0 Å². The summed E-state index contributed by atoms with van der Waals surface area (Å²) in [6.45, 7) is 0.550. The van der Waals surface area contributed by atoms with Gasteiger partial charge in [-0.15, -0.1) is 0 Å². The molecule has 1 heterocycles. The number of methoxy groups -OCH3 is 2. The highest BCUT2D eigenvalue weighted by atomic mass is 32.2. The highest BCUT2D eigenvalue weighted by Gasteiger charge is 2.12. The van der Waals surface area contributed by atoms with E-state index in [1.54, 1.807) is 25.3 Å². The Morgan fingerprint density at radius 1 is 0.864 bits per heavy atom. The molecule has 0 spiro atoms. The minimum absolute atomic E-state index is 0.119. The van der Waals surface area contributed by atoms with Crippen LogP contribution in [0.25, 0.3) is 6.08 Å². The fraction of sp³-hybridized carbons (Fsp3) is 0.400. The van der Waals surface area contributed by atoms with E-state index in [0.717, 1.165) is 42.6 Å². The molecule has 0 amide bonds. The smallest absolute Gasteiger partial charge is 0.309 e. The number of carboxylic acids is 1. The maximum atomic E-state index is 11.5. The summed E-state index contributed by atoms with van der Waals surface area (Å²) in [5.41, 5.74) is 2.90. The van der Waals surface area contributed by atoms with Crippen LogP contribution in [0.3, 0.4) is 0 Å². The fourth-order valence-electron chi connectivity index (χ4n) is 4.55. The average Bonchev–Trinajstić information content (AvgIpc) is 3.02. The quantitative estimate of drug-likeness (QED) is 0.0601. The molecule has 44 heavy (non-hydrogen) atoms. The van der Waals surface area contributed by atoms with Crippen molar-refractivity contribution in [3.8, 4) is 11.5 Å². The first kappa shape index (κ1) is 34.7. The van der Waals surface area contributed by atoms with Crippen LogP contribution in [-0.4, -0.2) is 53.4 Å². The molecule has 0 aliphatic carbocycles. The molecule has 0 aliphatic rings. The van der Waals surface area contributed by atoms with Crippen molar-refractivity contribution in [2.24, 2.45) is 0 Å². The Morgan fingerprint density at radius 2 is 1.52 bits per heavy atom. The van der Waals surface area contributed by atoms with E-state index in [9.17, 15) is 14.7 Å². The molecular weight excluding hydrogens is 578 g/mol. The maximum Gasteiger partial charge on any atom is 0.309 e. The first-order chi connectivity index (χ1) is 21.4. The fourth-order valence-corrected chi connectivity index (χ4v) is 5.40. The second-order valence-electron chi connectivity index (χ2n) is 10.4. The van der Waals surface area contributed by atoms with E-state index in [4.69, 9.17) is 19.3 Å². The van der Waals surface area contributed by atoms with Crippen molar-refractivity contribution >= 4 is 29.8 Å². The lowest BCUT2D eigenvalue weighted by atomic mass is 10.0. The Hall–Kier alpha value is -3.82. The van der Waals surface area contributed by atoms with Crippen LogP contribution in [0.1, 0.15) is 67.3 Å². The van der Waals surface area contributed by atoms with Crippen LogP contribution < -0.4 is 9.47 Å². The van der Waals surface area contributed by atoms with Crippen molar-refractivity contribution in [3.63, 3.8) is 0 Å². The van der Waals surface area contributed by atoms with Crippen LogP contribution >= 0.6 is 11.8 Å². The number of thioether (sulfide) groups is 1. The third-order valence-electron chi connectivity index (χ3n) is 6.97. The van der Waals surface area contributed by atoms with Gasteiger partial charge >= 0.3 is 11.9 Å². The van der Waals surface area contributed by atoms with Crippen LogP contribution in [0.5, 0.6) is 11.5 Å². The SMILES string of the molecule is COC(=O)Cc1ccc(CC(O)Sc2ccc(OCCCCCCCCc3ccc(OC)cc3)c(C=CCC(=O)O)n2)cc1. The number of hydrogen-bond acceptors (Lipinski definition) is 8. The Bertz CT molecular complexity index is 1330. The molecule has 2 aromatic carbocycles. The lowest BCUT2D eigenvalue weighted by Gasteiger charge is -2.13. The summed E-state index contributed by atoms with van der Waals surface area (Å²) in [5, 5.41) is 20.3. The molecule has 8 nitrogen and oxygen atoms in total. The van der Waals surface area contributed by atoms with Gasteiger partial charge in [-0.1, -0.05) is 79.9 Å². The van der Waals surface area contributed by atoms with E-state index in [2.05, 4.69) is 17.1 Å². The van der Waals surface area contributed by atoms with E-state index < -0.39 is 11.4 Å². The van der Waals surface area contributed by atoms with Gasteiger partial charge < -0.3 is 24.4 Å². The van der Waals surface area contributed by atoms with E-state index in [1.807, 2.05) is 42.5 Å². The van der Waals surface area contributed by atoms with Crippen molar-refractivity contribution in [1.29, 1.82) is 0 Å². The number of pyridine rings is 1. The number of unbranched alkanes of at least 4 members (excludes halogenated alkanes) is 5. The molecule has 1 aromatic heterocycles. The molecule has 9 heteroatoms. The van der Waals surface area contributed by atoms with Gasteiger partial charge in [0.15, 0.2) is 0 Å². The maximum absolute atomic E-state index is 11.5. The predicted molar refractivity (Wildman–Crippen MR) is 173 cm³/mol. The van der Waals surface area contributed by atoms with Crippen LogP contribution in [0.2, 0.25) is 0 Å². The minimum atomic E-state index is -0.925. The van der Waals surface area contributed by atoms with E-state index in [0.29, 0.717) is 29.5 Å². The van der Waals surface area contributed by atoms with Crippen LogP contribution in [0.4, 0.5) is 0 Å². The van der Waals surface area contributed by atoms with Gasteiger partial charge in [-0.25, -0.2) is 4.98 Å². The number of esters is 1. The lowest BCUT2D eigenvalue weighted by molar-refractivity contribution is -0.140. The standard InChI is InChI=1S/C35H43NO7S/c1-41-29-19-17-26(18-20-29)10-7-5-3-4-6-8-23-43-31-21-22-32(36-30(31)11-9-12-33(37)38)44-35(40)25-28-15-13-27(14-16-28)24-34(39)42-2/h9,11,13-22,35,40H,3-8,10,12,23-25H2,1-2H3,(H,37,38). The van der Waals surface area contributed by atoms with E-state index in [1.165, 1.54) is 43.7 Å². The second-order valence-corrected chi connectivity index (χ2v) is 11.6. The molecule has 0 radical (unpaired) electrons. The van der Waals surface area contributed by atoms with Gasteiger partial charge in [0.1, 0.15) is 22.6 Å². The van der Waals surface area contributed by atoms with Crippen molar-refractivity contribution in [3.05, 3.63) is 89.1 Å². The van der Waals surface area contributed by atoms with Crippen molar-refractivity contribution in [1.82, 2.24) is 4.98 Å². The van der Waals surface area contributed by atoms with Crippen molar-refractivity contribution in [2.75, 3.05) is 20.8 Å². The third-order valence-corrected chi connectivity index (χ3v) is 7.88. The number of ether oxygens (including phenoxy) is 3. The Labute approximate surface area is 264 Å². The number of hydrogen-bond donors (Lipinski definition) is 2. The molecule has 3 aromatic rings. The summed E-state index contributed by atoms with van der Waals surface area (Å²) >= 11 is 1.22. The highest BCUT2D eigenvalue weighted by molar-refractivity contribution is 7.99. The minimum Gasteiger partial charge on any atom is -0.497 e. The third kappa shape index (κ3) is 13.2. The van der Waals surface area contributed by atoms with E-state index in [-0.39, 0.29) is 18.8 Å². The summed E-state index contributed by atoms with van der Waals surface area (Å²) in [4.78, 5) is 27.1. The Kier molecular flexibility index (Phi) is 15.3. The number of aromatic nitrogens is 1. The van der Waals surface area contributed by atoms with Gasteiger partial charge in [-0.2, -0.15) is 0 Å². The van der Waals surface area contributed by atoms with Gasteiger partial charge in [-0.3, -0.25) is 9.59 Å². The topological polar surface area (TPSA) is 115 Å². The molecule has 3 rings (SSSR count). The first-order valence-electron chi connectivity index (χ1n) is 15.0. The number of aryl methyl sites for hydroxylation is 1. The van der Waals surface area contributed by atoms with Crippen LogP contribution in [0.15, 0.2) is 71.8 Å². The van der Waals surface area contributed by atoms with Gasteiger partial charge in [0.2, 0.25) is 0 Å². The molecule has 236 valence electrons. The largest absolute Gasteiger partial charge is 0.497 e. The number of carbonyl (C=O) groups excluding carboxylic acids is 1. The summed E-state index contributed by atoms with van der Waals surface area (Å²) in [6.07, 6.45) is 11.5. The second kappa shape index (κ2) is 19.5. The van der Waals surface area contributed by atoms with Gasteiger partial charge in [0, 0.05) is 6.42 Å². The summed E-state index contributed by atoms with van der Waals surface area (Å²) in [6, 6.07) is 19.4. The molecule has 0 aliphatic heterocycles. The average molecular weight is 622 g/mol. The number of aliphatic hydroxyl groups is 1. The molecule has 1 unspecified atom stereocenters. The van der Waals surface area contributed by atoms with Crippen LogP contribution in [0, 0.1) is 0 Å². The zero-order valence-electron chi connectivity index (χ0n) is 25.6. The predicted octanol–water partition coefficient (Wildman–Crippen LogP) is 6.91. The molecule has 0 bridgehead atoms. The zero-order valence-corrected chi connectivity index (χ0v) is 26.4. The van der Waals surface area contributed by atoms with Crippen LogP contribution in [-0.2, 0) is 33.6 Å². The zero-order chi connectivity index (χ0) is 31.6. The van der Waals surface area contributed by atoms with Gasteiger partial charge in [-0.05, 0) is 66.3 Å². The number of carbonyl (C=O) groups is 2. The number of rotatable bonds is 20. The van der Waals surface area contributed by atoms with Crippen molar-refractivity contribution in [2.45, 2.75) is 74.7 Å². The number of aliphatic hydroxyl groups excluding tert-OH is 1. The summed E-state index contributed by atoms with van der Waals surface area (Å²) in [5.74, 6) is 0.252. The molecule has 0 saturated carbocycles. The molecule has 1 atom stereocenters. The molecule has 0 saturated heterocycles. The Balaban J connectivity index is 1.43. The number of aliphatic carboxylic acids is 1. The molecule has 0 fully saturated rings. The number of carboxylic acid groups (broad SMARTS) is 1. The monoisotopic (exact) mass is 621 g/mol. The first-order valence-corrected chi connectivity index (χ1v) is 15.9.